The number of H-pyrrole nitrogens is 1. The molecule has 8 heteroatoms. The van der Waals surface area contributed by atoms with Crippen LogP contribution in [0.2, 0.25) is 0 Å². The van der Waals surface area contributed by atoms with Crippen molar-refractivity contribution in [3.63, 3.8) is 0 Å². The van der Waals surface area contributed by atoms with Gasteiger partial charge in [0.15, 0.2) is 11.5 Å². The van der Waals surface area contributed by atoms with E-state index in [9.17, 15) is 14.7 Å². The van der Waals surface area contributed by atoms with E-state index in [2.05, 4.69) is 15.0 Å². The second-order valence-electron chi connectivity index (χ2n) is 4.96. The van der Waals surface area contributed by atoms with Gasteiger partial charge in [-0.3, -0.25) is 9.78 Å². The van der Waals surface area contributed by atoms with Crippen LogP contribution in [0.4, 0.5) is 0 Å². The standard InChI is InChI=1S/C13H18N4O4/c1-7-8(2)17(5-3-4-9(19)6-18)11-10(14-7)12(20)16-13(21)15-11/h9,18-19H,3-6H2,1-2H3,(H,16,20,21). The minimum atomic E-state index is -0.772. The minimum Gasteiger partial charge on any atom is -0.394 e. The van der Waals surface area contributed by atoms with Crippen molar-refractivity contribution in [2.45, 2.75) is 39.3 Å². The number of aromatic nitrogens is 4. The van der Waals surface area contributed by atoms with Crippen LogP contribution in [0.3, 0.4) is 0 Å². The number of fused-ring (bicyclic) bond motifs is 1. The van der Waals surface area contributed by atoms with Crippen LogP contribution in [0.5, 0.6) is 0 Å². The molecule has 21 heavy (non-hydrogen) atoms. The number of nitrogens with zero attached hydrogens (tertiary/aromatic N) is 3. The zero-order valence-corrected chi connectivity index (χ0v) is 12.0. The van der Waals surface area contributed by atoms with E-state index in [-0.39, 0.29) is 18.1 Å². The average molecular weight is 294 g/mol. The van der Waals surface area contributed by atoms with Crippen LogP contribution in [-0.4, -0.2) is 42.4 Å². The van der Waals surface area contributed by atoms with Crippen LogP contribution >= 0.6 is 0 Å². The van der Waals surface area contributed by atoms with E-state index in [1.165, 1.54) is 0 Å². The second kappa shape index (κ2) is 6.15. The summed E-state index contributed by atoms with van der Waals surface area (Å²) < 4.78 is 1.75. The monoisotopic (exact) mass is 294 g/mol. The van der Waals surface area contributed by atoms with Crippen LogP contribution in [0.1, 0.15) is 24.2 Å². The number of aliphatic hydroxyl groups excluding tert-OH is 2. The third-order valence-electron chi connectivity index (χ3n) is 3.45. The Morgan fingerprint density at radius 1 is 1.29 bits per heavy atom. The number of rotatable bonds is 5. The number of hydrogen-bond acceptors (Lipinski definition) is 6. The molecule has 0 aromatic heterocycles. The normalized spacial score (nSPS) is 12.8. The van der Waals surface area contributed by atoms with Gasteiger partial charge in [-0.1, -0.05) is 0 Å². The number of aryl methyl sites for hydroxylation is 1. The molecule has 114 valence electrons. The maximum atomic E-state index is 11.8. The fourth-order valence-corrected chi connectivity index (χ4v) is 2.18. The Kier molecular flexibility index (Phi) is 4.49. The molecule has 0 amide bonds. The number of hydrogen-bond donors (Lipinski definition) is 3. The predicted molar refractivity (Wildman–Crippen MR) is 75.3 cm³/mol. The van der Waals surface area contributed by atoms with Crippen molar-refractivity contribution in [2.75, 3.05) is 6.61 Å². The highest BCUT2D eigenvalue weighted by molar-refractivity contribution is 5.50. The summed E-state index contributed by atoms with van der Waals surface area (Å²) in [6.45, 7) is 3.79. The number of aromatic amines is 1. The van der Waals surface area contributed by atoms with Gasteiger partial charge in [0.25, 0.3) is 5.56 Å². The molecule has 2 aliphatic rings. The van der Waals surface area contributed by atoms with Gasteiger partial charge in [-0.15, -0.1) is 0 Å². The van der Waals surface area contributed by atoms with Crippen molar-refractivity contribution in [3.8, 4) is 11.5 Å². The number of nitrogens with one attached hydrogen (secondary N) is 1. The Bertz CT molecular complexity index is 721. The number of aliphatic hydroxyl groups is 2. The van der Waals surface area contributed by atoms with Crippen LogP contribution in [0.25, 0.3) is 11.5 Å². The maximum Gasteiger partial charge on any atom is 0.349 e. The molecule has 0 aromatic carbocycles. The Labute approximate surface area is 120 Å². The van der Waals surface area contributed by atoms with E-state index in [4.69, 9.17) is 5.11 Å². The van der Waals surface area contributed by atoms with Gasteiger partial charge in [0.1, 0.15) is 0 Å². The topological polar surface area (TPSA) is 121 Å². The molecule has 0 fully saturated rings. The summed E-state index contributed by atoms with van der Waals surface area (Å²) in [7, 11) is 0. The highest BCUT2D eigenvalue weighted by Crippen LogP contribution is 2.17. The molecule has 0 bridgehead atoms. The molecule has 0 aromatic rings. The molecule has 2 heterocycles. The summed E-state index contributed by atoms with van der Waals surface area (Å²) in [5.74, 6) is 0.241. The van der Waals surface area contributed by atoms with Crippen molar-refractivity contribution in [1.82, 2.24) is 19.5 Å². The lowest BCUT2D eigenvalue weighted by molar-refractivity contribution is 0.0855. The van der Waals surface area contributed by atoms with Gasteiger partial charge in [-0.25, -0.2) is 9.78 Å². The van der Waals surface area contributed by atoms with Crippen LogP contribution in [-0.2, 0) is 6.54 Å². The van der Waals surface area contributed by atoms with E-state index in [0.717, 1.165) is 5.69 Å². The van der Waals surface area contributed by atoms with Gasteiger partial charge < -0.3 is 14.8 Å². The zero-order chi connectivity index (χ0) is 15.6. The smallest absolute Gasteiger partial charge is 0.349 e. The Morgan fingerprint density at radius 2 is 2.00 bits per heavy atom. The Hall–Kier alpha value is -2.06. The molecule has 1 unspecified atom stereocenters. The van der Waals surface area contributed by atoms with E-state index in [1.54, 1.807) is 11.5 Å². The van der Waals surface area contributed by atoms with Crippen molar-refractivity contribution in [1.29, 1.82) is 0 Å². The van der Waals surface area contributed by atoms with Crippen molar-refractivity contribution >= 4 is 0 Å². The lowest BCUT2D eigenvalue weighted by Gasteiger charge is -2.18. The summed E-state index contributed by atoms with van der Waals surface area (Å²) in [5, 5.41) is 18.2. The Balaban J connectivity index is 2.44. The zero-order valence-electron chi connectivity index (χ0n) is 12.0. The first-order valence-electron chi connectivity index (χ1n) is 6.71. The fourth-order valence-electron chi connectivity index (χ4n) is 2.18. The Morgan fingerprint density at radius 3 is 2.67 bits per heavy atom. The van der Waals surface area contributed by atoms with Crippen LogP contribution in [0, 0.1) is 13.8 Å². The summed E-state index contributed by atoms with van der Waals surface area (Å²) in [5.41, 5.74) is 0.342. The van der Waals surface area contributed by atoms with Crippen molar-refractivity contribution < 1.29 is 10.2 Å². The van der Waals surface area contributed by atoms with Crippen molar-refractivity contribution in [2.24, 2.45) is 0 Å². The van der Waals surface area contributed by atoms with Gasteiger partial charge in [0.05, 0.1) is 18.4 Å². The molecule has 2 aliphatic heterocycles. The van der Waals surface area contributed by atoms with Gasteiger partial charge in [-0.2, -0.15) is 4.98 Å². The fraction of sp³-hybridized carbons (Fsp3) is 0.538. The molecule has 0 saturated heterocycles. The first kappa shape index (κ1) is 15.3. The molecule has 2 rings (SSSR count). The molecule has 0 aliphatic carbocycles. The third kappa shape index (κ3) is 3.17. The summed E-state index contributed by atoms with van der Waals surface area (Å²) in [6, 6.07) is 0. The first-order valence-corrected chi connectivity index (χ1v) is 6.71. The average Bonchev–Trinajstić information content (AvgIpc) is 2.44. The van der Waals surface area contributed by atoms with Crippen LogP contribution < -0.4 is 11.2 Å². The molecule has 0 saturated carbocycles. The maximum absolute atomic E-state index is 11.8. The van der Waals surface area contributed by atoms with Gasteiger partial charge >= 0.3 is 5.69 Å². The molecule has 0 spiro atoms. The highest BCUT2D eigenvalue weighted by Gasteiger charge is 2.18. The quantitative estimate of drug-likeness (QED) is 0.662. The van der Waals surface area contributed by atoms with Crippen LogP contribution in [0.15, 0.2) is 9.59 Å². The van der Waals surface area contributed by atoms with E-state index < -0.39 is 17.4 Å². The minimum absolute atomic E-state index is 0.125. The van der Waals surface area contributed by atoms with E-state index in [1.807, 2.05) is 6.92 Å². The molecule has 3 N–H and O–H groups in total. The van der Waals surface area contributed by atoms with Gasteiger partial charge in [-0.05, 0) is 26.7 Å². The second-order valence-corrected chi connectivity index (χ2v) is 4.96. The highest BCUT2D eigenvalue weighted by atomic mass is 16.3. The summed E-state index contributed by atoms with van der Waals surface area (Å²) in [4.78, 5) is 33.3. The summed E-state index contributed by atoms with van der Waals surface area (Å²) in [6.07, 6.45) is 0.222. The van der Waals surface area contributed by atoms with E-state index >= 15 is 0 Å². The molecular formula is C13H18N4O4. The molecule has 1 atom stereocenters. The summed E-state index contributed by atoms with van der Waals surface area (Å²) >= 11 is 0. The van der Waals surface area contributed by atoms with Crippen molar-refractivity contribution in [3.05, 3.63) is 32.2 Å². The molecule has 8 nitrogen and oxygen atoms in total. The largest absolute Gasteiger partial charge is 0.394 e. The van der Waals surface area contributed by atoms with Gasteiger partial charge in [0.2, 0.25) is 0 Å². The lowest BCUT2D eigenvalue weighted by atomic mass is 10.2. The third-order valence-corrected chi connectivity index (χ3v) is 3.45. The molecule has 0 radical (unpaired) electrons. The first-order chi connectivity index (χ1) is 9.93. The molecular weight excluding hydrogens is 276 g/mol. The van der Waals surface area contributed by atoms with E-state index in [0.29, 0.717) is 25.1 Å². The predicted octanol–water partition coefficient (Wildman–Crippen LogP) is -0.818. The SMILES string of the molecule is Cc1nc2c(=O)[nH]c(=O)nc-2n(CCCC(O)CO)c1C. The lowest BCUT2D eigenvalue weighted by Crippen LogP contribution is -2.30. The van der Waals surface area contributed by atoms with Gasteiger partial charge in [0, 0.05) is 12.2 Å².